The van der Waals surface area contributed by atoms with Crippen LogP contribution in [-0.4, -0.2) is 21.5 Å². The van der Waals surface area contributed by atoms with E-state index in [-0.39, 0.29) is 23.3 Å². The lowest BCUT2D eigenvalue weighted by Gasteiger charge is -2.26. The van der Waals surface area contributed by atoms with E-state index in [0.717, 1.165) is 25.8 Å². The van der Waals surface area contributed by atoms with Gasteiger partial charge in [-0.25, -0.2) is 4.98 Å². The van der Waals surface area contributed by atoms with Crippen LogP contribution < -0.4 is 5.32 Å². The fourth-order valence-electron chi connectivity index (χ4n) is 4.28. The van der Waals surface area contributed by atoms with Crippen molar-refractivity contribution in [2.75, 3.05) is 0 Å². The lowest BCUT2D eigenvalue weighted by molar-refractivity contribution is -0.123. The van der Waals surface area contributed by atoms with Crippen molar-refractivity contribution in [3.05, 3.63) is 54.1 Å². The zero-order chi connectivity index (χ0) is 15.9. The number of fused-ring (bicyclic) bond motifs is 2. The Morgan fingerprint density at radius 2 is 2.35 bits per heavy atom. The number of benzene rings is 1. The molecule has 0 unspecified atom stereocenters. The third kappa shape index (κ3) is 2.56. The highest BCUT2D eigenvalue weighted by atomic mass is 16.2. The third-order valence-electron chi connectivity index (χ3n) is 5.45. The van der Waals surface area contributed by atoms with E-state index in [4.69, 9.17) is 0 Å². The molecule has 1 fully saturated rings. The van der Waals surface area contributed by atoms with Crippen molar-refractivity contribution in [2.24, 2.45) is 5.92 Å². The molecule has 1 N–H and O–H groups in total. The maximum absolute atomic E-state index is 12.7. The molecule has 1 heterocycles. The summed E-state index contributed by atoms with van der Waals surface area (Å²) in [4.78, 5) is 16.7. The molecule has 120 valence electrons. The Morgan fingerprint density at radius 1 is 1.48 bits per heavy atom. The minimum Gasteiger partial charge on any atom is -0.352 e. The van der Waals surface area contributed by atoms with E-state index >= 15 is 0 Å². The van der Waals surface area contributed by atoms with E-state index in [1.165, 1.54) is 17.5 Å². The van der Waals surface area contributed by atoms with Gasteiger partial charge in [0, 0.05) is 36.3 Å². The van der Waals surface area contributed by atoms with Crippen LogP contribution in [0.15, 0.2) is 43.0 Å². The second-order valence-electron chi connectivity index (χ2n) is 7.09. The number of hydrogen-bond acceptors (Lipinski definition) is 2. The third-order valence-corrected chi connectivity index (χ3v) is 5.45. The highest BCUT2D eigenvalue weighted by molar-refractivity contribution is 5.85. The standard InChI is InChI=1S/C19H23N3O/c1-14(12-22-10-9-20-13-22)21-18(23)17-11-19(17)8-4-6-15-5-2-3-7-16(15)19/h2-3,5,7,9-10,13-14,17H,4,6,8,11-12H2,1H3,(H,21,23)/t14-,17+,19-/m1/s1. The first kappa shape index (κ1) is 14.5. The fraction of sp³-hybridized carbons (Fsp3) is 0.474. The summed E-state index contributed by atoms with van der Waals surface area (Å²) in [7, 11) is 0. The van der Waals surface area contributed by atoms with Gasteiger partial charge in [-0.1, -0.05) is 24.3 Å². The second kappa shape index (κ2) is 5.52. The molecule has 0 bridgehead atoms. The van der Waals surface area contributed by atoms with Gasteiger partial charge in [0.25, 0.3) is 0 Å². The Kier molecular flexibility index (Phi) is 3.47. The highest BCUT2D eigenvalue weighted by Gasteiger charge is 2.60. The molecule has 1 aromatic carbocycles. The Hall–Kier alpha value is -2.10. The summed E-state index contributed by atoms with van der Waals surface area (Å²) >= 11 is 0. The smallest absolute Gasteiger partial charge is 0.224 e. The topological polar surface area (TPSA) is 46.9 Å². The van der Waals surface area contributed by atoms with Gasteiger partial charge in [-0.05, 0) is 43.7 Å². The average molecular weight is 309 g/mol. The molecule has 4 nitrogen and oxygen atoms in total. The lowest BCUT2D eigenvalue weighted by Crippen LogP contribution is -2.38. The van der Waals surface area contributed by atoms with Gasteiger partial charge in [-0.3, -0.25) is 4.79 Å². The van der Waals surface area contributed by atoms with E-state index < -0.39 is 0 Å². The van der Waals surface area contributed by atoms with Crippen molar-refractivity contribution in [1.29, 1.82) is 0 Å². The number of amides is 1. The van der Waals surface area contributed by atoms with Crippen LogP contribution in [0.5, 0.6) is 0 Å². The van der Waals surface area contributed by atoms with Gasteiger partial charge < -0.3 is 9.88 Å². The first-order valence-electron chi connectivity index (χ1n) is 8.53. The Morgan fingerprint density at radius 3 is 3.17 bits per heavy atom. The van der Waals surface area contributed by atoms with E-state index in [1.54, 1.807) is 12.5 Å². The summed E-state index contributed by atoms with van der Waals surface area (Å²) in [5, 5.41) is 3.19. The molecule has 1 amide bonds. The predicted octanol–water partition coefficient (Wildman–Crippen LogP) is 2.68. The Labute approximate surface area is 136 Å². The molecule has 1 saturated carbocycles. The van der Waals surface area contributed by atoms with Crippen molar-refractivity contribution in [3.8, 4) is 0 Å². The molecule has 4 heteroatoms. The van der Waals surface area contributed by atoms with Crippen LogP contribution in [-0.2, 0) is 23.2 Å². The molecule has 2 aliphatic rings. The van der Waals surface area contributed by atoms with Gasteiger partial charge in [-0.2, -0.15) is 0 Å². The number of imidazole rings is 1. The van der Waals surface area contributed by atoms with Gasteiger partial charge in [-0.15, -0.1) is 0 Å². The second-order valence-corrected chi connectivity index (χ2v) is 7.09. The molecule has 1 spiro atoms. The molecule has 2 aromatic rings. The van der Waals surface area contributed by atoms with E-state index in [2.05, 4.69) is 41.5 Å². The van der Waals surface area contributed by atoms with E-state index in [1.807, 2.05) is 10.8 Å². The number of rotatable bonds is 4. The summed E-state index contributed by atoms with van der Waals surface area (Å²) in [6.07, 6.45) is 10.0. The van der Waals surface area contributed by atoms with Gasteiger partial charge in [0.1, 0.15) is 0 Å². The molecule has 23 heavy (non-hydrogen) atoms. The first-order valence-corrected chi connectivity index (χ1v) is 8.53. The summed E-state index contributed by atoms with van der Waals surface area (Å²) in [6.45, 7) is 2.82. The number of hydrogen-bond donors (Lipinski definition) is 1. The fourth-order valence-corrected chi connectivity index (χ4v) is 4.28. The van der Waals surface area contributed by atoms with E-state index in [9.17, 15) is 4.79 Å². The molecule has 0 radical (unpaired) electrons. The minimum absolute atomic E-state index is 0.119. The Balaban J connectivity index is 1.44. The highest BCUT2D eigenvalue weighted by Crippen LogP contribution is 2.60. The first-order chi connectivity index (χ1) is 11.2. The number of nitrogens with zero attached hydrogens (tertiary/aromatic N) is 2. The average Bonchev–Trinajstić information content (AvgIpc) is 3.02. The zero-order valence-electron chi connectivity index (χ0n) is 13.5. The molecular formula is C19H23N3O. The summed E-state index contributed by atoms with van der Waals surface area (Å²) in [6, 6.07) is 8.80. The van der Waals surface area contributed by atoms with Crippen molar-refractivity contribution in [3.63, 3.8) is 0 Å². The van der Waals surface area contributed by atoms with Gasteiger partial charge >= 0.3 is 0 Å². The monoisotopic (exact) mass is 309 g/mol. The SMILES string of the molecule is C[C@H](Cn1ccnc1)NC(=O)[C@@H]1C[C@@]12CCCc1ccccc12. The van der Waals surface area contributed by atoms with Crippen molar-refractivity contribution in [2.45, 2.75) is 50.6 Å². The van der Waals surface area contributed by atoms with Crippen LogP contribution in [0.2, 0.25) is 0 Å². The molecule has 4 rings (SSSR count). The number of carbonyl (C=O) groups excluding carboxylic acids is 1. The van der Waals surface area contributed by atoms with Crippen LogP contribution in [0.4, 0.5) is 0 Å². The number of nitrogens with one attached hydrogen (secondary N) is 1. The van der Waals surface area contributed by atoms with Crippen LogP contribution in [0.25, 0.3) is 0 Å². The van der Waals surface area contributed by atoms with Crippen LogP contribution in [0.1, 0.15) is 37.3 Å². The van der Waals surface area contributed by atoms with Gasteiger partial charge in [0.05, 0.1) is 6.33 Å². The molecule has 0 saturated heterocycles. The number of carbonyl (C=O) groups is 1. The largest absolute Gasteiger partial charge is 0.352 e. The van der Waals surface area contributed by atoms with Crippen LogP contribution in [0.3, 0.4) is 0 Å². The minimum atomic E-state index is 0.119. The predicted molar refractivity (Wildman–Crippen MR) is 89.0 cm³/mol. The molecule has 3 atom stereocenters. The lowest BCUT2D eigenvalue weighted by atomic mass is 9.78. The quantitative estimate of drug-likeness (QED) is 0.944. The number of aromatic nitrogens is 2. The molecule has 2 aliphatic carbocycles. The maximum Gasteiger partial charge on any atom is 0.224 e. The maximum atomic E-state index is 12.7. The molecular weight excluding hydrogens is 286 g/mol. The molecule has 0 aliphatic heterocycles. The number of aryl methyl sites for hydroxylation is 1. The van der Waals surface area contributed by atoms with Crippen LogP contribution in [0, 0.1) is 5.92 Å². The van der Waals surface area contributed by atoms with Crippen molar-refractivity contribution >= 4 is 5.91 Å². The normalized spacial score (nSPS) is 26.6. The summed E-state index contributed by atoms with van der Waals surface area (Å²) in [5.74, 6) is 0.364. The summed E-state index contributed by atoms with van der Waals surface area (Å²) in [5.41, 5.74) is 2.99. The summed E-state index contributed by atoms with van der Waals surface area (Å²) < 4.78 is 2.00. The van der Waals surface area contributed by atoms with E-state index in [0.29, 0.717) is 0 Å². The molecule has 1 aromatic heterocycles. The Bertz CT molecular complexity index is 709. The van der Waals surface area contributed by atoms with Crippen molar-refractivity contribution < 1.29 is 4.79 Å². The van der Waals surface area contributed by atoms with Crippen LogP contribution >= 0.6 is 0 Å². The van der Waals surface area contributed by atoms with Crippen molar-refractivity contribution in [1.82, 2.24) is 14.9 Å². The van der Waals surface area contributed by atoms with Gasteiger partial charge in [0.15, 0.2) is 0 Å². The van der Waals surface area contributed by atoms with Gasteiger partial charge in [0.2, 0.25) is 5.91 Å². The zero-order valence-corrected chi connectivity index (χ0v) is 13.5.